The highest BCUT2D eigenvalue weighted by atomic mass is 16.5. The highest BCUT2D eigenvalue weighted by Crippen LogP contribution is 2.09. The Kier molecular flexibility index (Phi) is 5.71. The Labute approximate surface area is 137 Å². The quantitative estimate of drug-likeness (QED) is 0.810. The Hall–Kier alpha value is -1.79. The molecule has 2 aromatic heterocycles. The third-order valence-electron chi connectivity index (χ3n) is 4.32. The van der Waals surface area contributed by atoms with Crippen LogP contribution < -0.4 is 0 Å². The minimum atomic E-state index is 0.730. The van der Waals surface area contributed by atoms with Gasteiger partial charge in [0.2, 0.25) is 5.89 Å². The molecule has 0 unspecified atom stereocenters. The first-order chi connectivity index (χ1) is 11.3. The molecule has 0 N–H and O–H groups in total. The molecule has 0 radical (unpaired) electrons. The van der Waals surface area contributed by atoms with Crippen molar-refractivity contribution in [3.8, 4) is 0 Å². The fourth-order valence-corrected chi connectivity index (χ4v) is 2.94. The lowest BCUT2D eigenvalue weighted by molar-refractivity contribution is 0.246. The molecule has 0 spiro atoms. The van der Waals surface area contributed by atoms with Crippen molar-refractivity contribution < 1.29 is 4.52 Å². The first-order valence-electron chi connectivity index (χ1n) is 8.48. The number of aromatic nitrogens is 3. The van der Waals surface area contributed by atoms with Crippen LogP contribution in [-0.4, -0.2) is 57.6 Å². The average molecular weight is 315 g/mol. The molecule has 0 aliphatic carbocycles. The van der Waals surface area contributed by atoms with Gasteiger partial charge in [0, 0.05) is 38.4 Å². The van der Waals surface area contributed by atoms with Gasteiger partial charge in [-0.2, -0.15) is 4.98 Å². The number of nitrogens with zero attached hydrogens (tertiary/aromatic N) is 5. The van der Waals surface area contributed by atoms with E-state index in [9.17, 15) is 0 Å². The third kappa shape index (κ3) is 4.84. The Bertz CT molecular complexity index is 586. The zero-order valence-corrected chi connectivity index (χ0v) is 13.8. The largest absolute Gasteiger partial charge is 0.339 e. The monoisotopic (exact) mass is 315 g/mol. The topological polar surface area (TPSA) is 58.3 Å². The first kappa shape index (κ1) is 16.1. The van der Waals surface area contributed by atoms with Crippen LogP contribution in [-0.2, 0) is 19.4 Å². The van der Waals surface area contributed by atoms with Crippen LogP contribution in [0, 0.1) is 0 Å². The molecule has 1 saturated heterocycles. The molecular weight excluding hydrogens is 290 g/mol. The molecule has 2 aromatic rings. The van der Waals surface area contributed by atoms with Crippen LogP contribution in [0.25, 0.3) is 0 Å². The van der Waals surface area contributed by atoms with Crippen molar-refractivity contribution in [1.29, 1.82) is 0 Å². The first-order valence-corrected chi connectivity index (χ1v) is 8.48. The normalized spacial score (nSPS) is 17.3. The summed E-state index contributed by atoms with van der Waals surface area (Å²) in [4.78, 5) is 13.5. The van der Waals surface area contributed by atoms with E-state index in [4.69, 9.17) is 4.52 Å². The number of pyridine rings is 1. The lowest BCUT2D eigenvalue weighted by Gasteiger charge is -2.20. The van der Waals surface area contributed by atoms with Crippen molar-refractivity contribution in [2.24, 2.45) is 0 Å². The van der Waals surface area contributed by atoms with E-state index < -0.39 is 0 Å². The maximum Gasteiger partial charge on any atom is 0.226 e. The van der Waals surface area contributed by atoms with Crippen molar-refractivity contribution in [1.82, 2.24) is 24.9 Å². The van der Waals surface area contributed by atoms with Gasteiger partial charge in [0.1, 0.15) is 0 Å². The number of rotatable bonds is 6. The molecule has 6 nitrogen and oxygen atoms in total. The maximum atomic E-state index is 5.19. The Morgan fingerprint density at radius 1 is 1.09 bits per heavy atom. The molecule has 0 atom stereocenters. The molecular formula is C17H25N5O. The van der Waals surface area contributed by atoms with Crippen LogP contribution in [0.15, 0.2) is 29.0 Å². The summed E-state index contributed by atoms with van der Waals surface area (Å²) in [5.74, 6) is 1.54. The van der Waals surface area contributed by atoms with Crippen molar-refractivity contribution in [3.05, 3.63) is 41.8 Å². The summed E-state index contributed by atoms with van der Waals surface area (Å²) in [6, 6.07) is 4.21. The van der Waals surface area contributed by atoms with E-state index in [1.54, 1.807) is 0 Å². The molecule has 0 amide bonds. The van der Waals surface area contributed by atoms with Crippen LogP contribution in [0.2, 0.25) is 0 Å². The van der Waals surface area contributed by atoms with Gasteiger partial charge in [-0.3, -0.25) is 9.88 Å². The molecule has 23 heavy (non-hydrogen) atoms. The highest BCUT2D eigenvalue weighted by Gasteiger charge is 2.16. The van der Waals surface area contributed by atoms with Gasteiger partial charge in [-0.25, -0.2) is 0 Å². The van der Waals surface area contributed by atoms with Crippen LogP contribution >= 0.6 is 0 Å². The number of hydrogen-bond donors (Lipinski definition) is 0. The summed E-state index contributed by atoms with van der Waals surface area (Å²) >= 11 is 0. The fraction of sp³-hybridized carbons (Fsp3) is 0.588. The second-order valence-electron chi connectivity index (χ2n) is 6.03. The predicted molar refractivity (Wildman–Crippen MR) is 88.0 cm³/mol. The van der Waals surface area contributed by atoms with E-state index in [0.29, 0.717) is 0 Å². The van der Waals surface area contributed by atoms with Crippen molar-refractivity contribution in [2.75, 3.05) is 32.7 Å². The maximum absolute atomic E-state index is 5.19. The zero-order chi connectivity index (χ0) is 15.9. The van der Waals surface area contributed by atoms with E-state index in [-0.39, 0.29) is 0 Å². The second-order valence-corrected chi connectivity index (χ2v) is 6.03. The second kappa shape index (κ2) is 8.17. The molecule has 1 aliphatic rings. The van der Waals surface area contributed by atoms with E-state index >= 15 is 0 Å². The summed E-state index contributed by atoms with van der Waals surface area (Å²) in [6.45, 7) is 8.36. The van der Waals surface area contributed by atoms with Gasteiger partial charge < -0.3 is 9.42 Å². The molecule has 1 aliphatic heterocycles. The molecule has 124 valence electrons. The minimum Gasteiger partial charge on any atom is -0.339 e. The van der Waals surface area contributed by atoms with Gasteiger partial charge in [-0.1, -0.05) is 12.1 Å². The van der Waals surface area contributed by atoms with Gasteiger partial charge >= 0.3 is 0 Å². The van der Waals surface area contributed by atoms with E-state index in [1.165, 1.54) is 12.0 Å². The van der Waals surface area contributed by atoms with Gasteiger partial charge in [0.05, 0.1) is 6.54 Å². The summed E-state index contributed by atoms with van der Waals surface area (Å²) in [6.07, 6.45) is 6.82. The van der Waals surface area contributed by atoms with E-state index in [1.807, 2.05) is 19.3 Å². The summed E-state index contributed by atoms with van der Waals surface area (Å²) in [5, 5.41) is 4.06. The summed E-state index contributed by atoms with van der Waals surface area (Å²) in [5.41, 5.74) is 1.36. The molecule has 0 bridgehead atoms. The molecule has 6 heteroatoms. The van der Waals surface area contributed by atoms with Gasteiger partial charge in [0.15, 0.2) is 5.82 Å². The van der Waals surface area contributed by atoms with E-state index in [0.717, 1.165) is 63.8 Å². The van der Waals surface area contributed by atoms with Crippen LogP contribution in [0.4, 0.5) is 0 Å². The molecule has 3 rings (SSSR count). The average Bonchev–Trinajstić information content (AvgIpc) is 2.93. The van der Waals surface area contributed by atoms with Crippen molar-refractivity contribution in [3.63, 3.8) is 0 Å². The molecule has 0 saturated carbocycles. The smallest absolute Gasteiger partial charge is 0.226 e. The number of hydrogen-bond acceptors (Lipinski definition) is 6. The van der Waals surface area contributed by atoms with Crippen LogP contribution in [0.5, 0.6) is 0 Å². The van der Waals surface area contributed by atoms with Gasteiger partial charge in [-0.15, -0.1) is 0 Å². The van der Waals surface area contributed by atoms with E-state index in [2.05, 4.69) is 37.1 Å². The molecule has 3 heterocycles. The summed E-state index contributed by atoms with van der Waals surface area (Å²) < 4.78 is 5.19. The lowest BCUT2D eigenvalue weighted by atomic mass is 10.2. The molecule has 1 fully saturated rings. The van der Waals surface area contributed by atoms with Gasteiger partial charge in [0.25, 0.3) is 0 Å². The van der Waals surface area contributed by atoms with Crippen LogP contribution in [0.1, 0.15) is 30.6 Å². The van der Waals surface area contributed by atoms with Crippen LogP contribution in [0.3, 0.4) is 0 Å². The SMILES string of the molecule is CCc1nc(CN2CCCN(CCc3ccncc3)CC2)no1. The Balaban J connectivity index is 1.45. The highest BCUT2D eigenvalue weighted by molar-refractivity contribution is 5.09. The van der Waals surface area contributed by atoms with Crippen molar-refractivity contribution >= 4 is 0 Å². The number of aryl methyl sites for hydroxylation is 1. The zero-order valence-electron chi connectivity index (χ0n) is 13.8. The standard InChI is InChI=1S/C17H25N5O/c1-2-17-19-16(20-23-17)14-22-10-3-9-21(12-13-22)11-6-15-4-7-18-8-5-15/h4-5,7-8H,2-3,6,9-14H2,1H3. The third-order valence-corrected chi connectivity index (χ3v) is 4.32. The lowest BCUT2D eigenvalue weighted by Crippen LogP contribution is -2.32. The summed E-state index contributed by atoms with van der Waals surface area (Å²) in [7, 11) is 0. The Morgan fingerprint density at radius 3 is 2.65 bits per heavy atom. The molecule has 0 aromatic carbocycles. The Morgan fingerprint density at radius 2 is 1.87 bits per heavy atom. The minimum absolute atomic E-state index is 0.730. The fourth-order valence-electron chi connectivity index (χ4n) is 2.94. The van der Waals surface area contributed by atoms with Crippen molar-refractivity contribution in [2.45, 2.75) is 32.7 Å². The van der Waals surface area contributed by atoms with Gasteiger partial charge in [-0.05, 0) is 43.6 Å². The predicted octanol–water partition coefficient (Wildman–Crippen LogP) is 1.78.